The van der Waals surface area contributed by atoms with Gasteiger partial charge in [0.25, 0.3) is 0 Å². The van der Waals surface area contributed by atoms with Gasteiger partial charge >= 0.3 is 18.0 Å². The molecule has 2 rings (SSSR count). The van der Waals surface area contributed by atoms with E-state index in [0.717, 1.165) is 6.07 Å². The molecule has 0 spiro atoms. The van der Waals surface area contributed by atoms with Gasteiger partial charge in [-0.15, -0.1) is 13.2 Å². The number of benzene rings is 1. The van der Waals surface area contributed by atoms with Crippen LogP contribution in [0, 0.1) is 10.1 Å². The summed E-state index contributed by atoms with van der Waals surface area (Å²) in [6.07, 6.45) is -3.85. The molecule has 0 radical (unpaired) electrons. The van der Waals surface area contributed by atoms with Gasteiger partial charge in [-0.1, -0.05) is 0 Å². The lowest BCUT2D eigenvalue weighted by atomic mass is 10.1. The summed E-state index contributed by atoms with van der Waals surface area (Å²) >= 11 is 0. The zero-order chi connectivity index (χ0) is 18.6. The Morgan fingerprint density at radius 1 is 1.36 bits per heavy atom. The van der Waals surface area contributed by atoms with Gasteiger partial charge in [0, 0.05) is 5.69 Å². The van der Waals surface area contributed by atoms with Crippen molar-refractivity contribution in [1.29, 1.82) is 0 Å². The van der Waals surface area contributed by atoms with Gasteiger partial charge < -0.3 is 14.8 Å². The van der Waals surface area contributed by atoms with Crippen molar-refractivity contribution < 1.29 is 32.4 Å². The maximum atomic E-state index is 12.3. The highest BCUT2D eigenvalue weighted by Gasteiger charge is 2.32. The molecule has 0 unspecified atom stereocenters. The van der Waals surface area contributed by atoms with Gasteiger partial charge in [0.2, 0.25) is 0 Å². The molecular formula is C15H15F3N2O5. The van der Waals surface area contributed by atoms with E-state index in [2.05, 4.69) is 10.1 Å². The van der Waals surface area contributed by atoms with E-state index >= 15 is 0 Å². The molecule has 0 bridgehead atoms. The smallest absolute Gasteiger partial charge is 0.458 e. The monoisotopic (exact) mass is 360 g/mol. The number of esters is 1. The minimum absolute atomic E-state index is 0.0157. The van der Waals surface area contributed by atoms with E-state index in [9.17, 15) is 28.1 Å². The first kappa shape index (κ1) is 18.6. The molecule has 10 heteroatoms. The summed E-state index contributed by atoms with van der Waals surface area (Å²) in [4.78, 5) is 22.2. The number of alkyl halides is 3. The molecule has 0 aliphatic carbocycles. The van der Waals surface area contributed by atoms with Gasteiger partial charge in [-0.2, -0.15) is 0 Å². The Bertz CT molecular complexity index is 716. The molecule has 25 heavy (non-hydrogen) atoms. The fourth-order valence-electron chi connectivity index (χ4n) is 2.46. The van der Waals surface area contributed by atoms with Crippen molar-refractivity contribution in [3.05, 3.63) is 45.3 Å². The van der Waals surface area contributed by atoms with Crippen LogP contribution >= 0.6 is 0 Å². The molecular weight excluding hydrogens is 345 g/mol. The fraction of sp³-hybridized carbons (Fsp3) is 0.400. The third-order valence-electron chi connectivity index (χ3n) is 3.41. The lowest BCUT2D eigenvalue weighted by Crippen LogP contribution is -2.20. The predicted molar refractivity (Wildman–Crippen MR) is 80.3 cm³/mol. The average Bonchev–Trinajstić information content (AvgIpc) is 2.67. The number of allylic oxidation sites excluding steroid dienone is 1. The molecule has 1 aliphatic rings. The SMILES string of the molecule is CCOC(=O)C(=C1CCCc2cc(OC(F)(F)F)ccc2N1)[N+](=O)[O-]. The number of carbonyl (C=O) groups is 1. The number of fused-ring (bicyclic) bond motifs is 1. The number of anilines is 1. The topological polar surface area (TPSA) is 90.7 Å². The summed E-state index contributed by atoms with van der Waals surface area (Å²) < 4.78 is 45.5. The number of hydrogen-bond donors (Lipinski definition) is 1. The van der Waals surface area contributed by atoms with Crippen LogP contribution in [-0.2, 0) is 16.0 Å². The predicted octanol–water partition coefficient (Wildman–Crippen LogP) is 3.38. The maximum absolute atomic E-state index is 12.3. The molecule has 1 aliphatic heterocycles. The molecule has 1 aromatic rings. The highest BCUT2D eigenvalue weighted by molar-refractivity contribution is 5.87. The summed E-state index contributed by atoms with van der Waals surface area (Å²) in [7, 11) is 0. The van der Waals surface area contributed by atoms with E-state index in [1.807, 2.05) is 0 Å². The highest BCUT2D eigenvalue weighted by Crippen LogP contribution is 2.32. The number of rotatable bonds is 4. The normalized spacial score (nSPS) is 16.2. The van der Waals surface area contributed by atoms with Gasteiger partial charge in [0.1, 0.15) is 11.4 Å². The van der Waals surface area contributed by atoms with Crippen LogP contribution in [0.25, 0.3) is 0 Å². The van der Waals surface area contributed by atoms with Gasteiger partial charge in [0.15, 0.2) is 0 Å². The minimum atomic E-state index is -4.81. The summed E-state index contributed by atoms with van der Waals surface area (Å²) in [5.74, 6) is -1.43. The van der Waals surface area contributed by atoms with Crippen molar-refractivity contribution in [2.24, 2.45) is 0 Å². The van der Waals surface area contributed by atoms with Gasteiger partial charge in [-0.3, -0.25) is 10.1 Å². The fourth-order valence-corrected chi connectivity index (χ4v) is 2.46. The number of carbonyl (C=O) groups excluding carboxylic acids is 1. The number of hydrogen-bond acceptors (Lipinski definition) is 6. The van der Waals surface area contributed by atoms with Crippen LogP contribution < -0.4 is 10.1 Å². The molecule has 0 atom stereocenters. The third-order valence-corrected chi connectivity index (χ3v) is 3.41. The number of nitrogens with one attached hydrogen (secondary N) is 1. The molecule has 0 amide bonds. The third kappa shape index (κ3) is 4.85. The highest BCUT2D eigenvalue weighted by atomic mass is 19.4. The summed E-state index contributed by atoms with van der Waals surface area (Å²) in [5.41, 5.74) is 0.242. The van der Waals surface area contributed by atoms with Crippen LogP contribution in [0.1, 0.15) is 25.3 Å². The number of aryl methyl sites for hydroxylation is 1. The maximum Gasteiger partial charge on any atom is 0.573 e. The molecule has 0 saturated heterocycles. The van der Waals surface area contributed by atoms with Crippen LogP contribution in [0.4, 0.5) is 18.9 Å². The van der Waals surface area contributed by atoms with E-state index in [4.69, 9.17) is 4.74 Å². The Hall–Kier alpha value is -2.78. The molecule has 0 fully saturated rings. The lowest BCUT2D eigenvalue weighted by Gasteiger charge is -2.13. The first-order chi connectivity index (χ1) is 11.7. The van der Waals surface area contributed by atoms with Gasteiger partial charge in [-0.25, -0.2) is 4.79 Å². The van der Waals surface area contributed by atoms with E-state index in [1.54, 1.807) is 0 Å². The van der Waals surface area contributed by atoms with Crippen molar-refractivity contribution >= 4 is 11.7 Å². The molecule has 1 aromatic carbocycles. The molecule has 0 aromatic heterocycles. The number of halogens is 3. The summed E-state index contributed by atoms with van der Waals surface area (Å²) in [5, 5.41) is 14.0. The molecule has 1 N–H and O–H groups in total. The zero-order valence-corrected chi connectivity index (χ0v) is 13.2. The van der Waals surface area contributed by atoms with Crippen LogP contribution in [0.5, 0.6) is 5.75 Å². The van der Waals surface area contributed by atoms with E-state index < -0.39 is 23.0 Å². The second-order valence-corrected chi connectivity index (χ2v) is 5.15. The van der Waals surface area contributed by atoms with Crippen molar-refractivity contribution in [1.82, 2.24) is 0 Å². The summed E-state index contributed by atoms with van der Waals surface area (Å²) in [6.45, 7) is 1.51. The standard InChI is InChI=1S/C15H15F3N2O5/c1-2-24-14(21)13(20(22)23)12-5-3-4-9-8-10(25-15(16,17)18)6-7-11(9)19-12/h6-8,19H,2-5H2,1H3. The Kier molecular flexibility index (Phi) is 5.50. The molecule has 7 nitrogen and oxygen atoms in total. The Balaban J connectivity index is 2.35. The summed E-state index contributed by atoms with van der Waals surface area (Å²) in [6, 6.07) is 3.64. The van der Waals surface area contributed by atoms with E-state index in [-0.39, 0.29) is 24.5 Å². The number of nitro groups is 1. The quantitative estimate of drug-likeness (QED) is 0.383. The van der Waals surface area contributed by atoms with Gasteiger partial charge in [0.05, 0.1) is 11.5 Å². The second kappa shape index (κ2) is 7.41. The second-order valence-electron chi connectivity index (χ2n) is 5.15. The zero-order valence-electron chi connectivity index (χ0n) is 13.2. The average molecular weight is 360 g/mol. The van der Waals surface area contributed by atoms with Crippen molar-refractivity contribution in [2.75, 3.05) is 11.9 Å². The molecule has 1 heterocycles. The largest absolute Gasteiger partial charge is 0.573 e. The Morgan fingerprint density at radius 3 is 2.68 bits per heavy atom. The van der Waals surface area contributed by atoms with Crippen LogP contribution in [0.3, 0.4) is 0 Å². The van der Waals surface area contributed by atoms with Crippen LogP contribution in [0.15, 0.2) is 29.6 Å². The number of ether oxygens (including phenoxy) is 2. The van der Waals surface area contributed by atoms with Crippen molar-refractivity contribution in [3.8, 4) is 5.75 Å². The van der Waals surface area contributed by atoms with Crippen molar-refractivity contribution in [3.63, 3.8) is 0 Å². The minimum Gasteiger partial charge on any atom is -0.458 e. The van der Waals surface area contributed by atoms with Gasteiger partial charge in [-0.05, 0) is 49.9 Å². The van der Waals surface area contributed by atoms with Crippen LogP contribution in [0.2, 0.25) is 0 Å². The Labute approximate surface area is 140 Å². The molecule has 136 valence electrons. The lowest BCUT2D eigenvalue weighted by molar-refractivity contribution is -0.422. The Morgan fingerprint density at radius 2 is 2.08 bits per heavy atom. The first-order valence-corrected chi connectivity index (χ1v) is 7.41. The molecule has 0 saturated carbocycles. The number of nitrogens with zero attached hydrogens (tertiary/aromatic N) is 1. The van der Waals surface area contributed by atoms with Crippen molar-refractivity contribution in [2.45, 2.75) is 32.5 Å². The van der Waals surface area contributed by atoms with E-state index in [0.29, 0.717) is 24.1 Å². The first-order valence-electron chi connectivity index (χ1n) is 7.41. The van der Waals surface area contributed by atoms with Crippen LogP contribution in [-0.4, -0.2) is 23.9 Å². The van der Waals surface area contributed by atoms with E-state index in [1.165, 1.54) is 19.1 Å².